The molecule has 3 aromatic rings. The van der Waals surface area contributed by atoms with Crippen molar-refractivity contribution in [2.75, 3.05) is 20.2 Å². The Morgan fingerprint density at radius 1 is 0.914 bits per heavy atom. The van der Waals surface area contributed by atoms with Gasteiger partial charge in [-0.05, 0) is 41.5 Å². The van der Waals surface area contributed by atoms with Gasteiger partial charge in [-0.3, -0.25) is 4.98 Å². The van der Waals surface area contributed by atoms with Crippen LogP contribution in [-0.4, -0.2) is 37.5 Å². The minimum Gasteiger partial charge on any atom is -0.371 e. The molecule has 0 bridgehead atoms. The maximum Gasteiger partial charge on any atom is 0.416 e. The van der Waals surface area contributed by atoms with Crippen LogP contribution in [0, 0.1) is 5.82 Å². The predicted octanol–water partition coefficient (Wildman–Crippen LogP) is 6.39. The molecule has 0 amide bonds. The third kappa shape index (κ3) is 6.12. The van der Waals surface area contributed by atoms with Crippen LogP contribution in [0.4, 0.5) is 30.7 Å². The number of benzene rings is 2. The number of nitrogens with one attached hydrogen (secondary N) is 1. The lowest BCUT2D eigenvalue weighted by Crippen LogP contribution is -2.46. The molecule has 1 heterocycles. The zero-order valence-electron chi connectivity index (χ0n) is 18.2. The molecule has 11 heteroatoms. The second-order valence-corrected chi connectivity index (χ2v) is 8.19. The fourth-order valence-corrected chi connectivity index (χ4v) is 3.94. The monoisotopic (exact) mass is 520 g/mol. The minimum atomic E-state index is -4.86. The number of pyridine rings is 1. The van der Waals surface area contributed by atoms with Gasteiger partial charge in [-0.25, -0.2) is 4.39 Å². The van der Waals surface area contributed by atoms with Crippen molar-refractivity contribution in [3.63, 3.8) is 0 Å². The van der Waals surface area contributed by atoms with Gasteiger partial charge in [0.15, 0.2) is 6.10 Å². The fourth-order valence-electron chi connectivity index (χ4n) is 3.83. The Kier molecular flexibility index (Phi) is 8.08. The van der Waals surface area contributed by atoms with Gasteiger partial charge in [-0.2, -0.15) is 26.3 Å². The van der Waals surface area contributed by atoms with E-state index in [0.717, 1.165) is 19.2 Å². The standard InChI is InChI=1S/C24H20ClF7N2O/c1-35-21(24(30,31)32)13-33-14-22(15-5-3-2-4-6-15,20-8-7-18(25)12-34-20)16-9-17(23(27,28)29)11-19(26)10-16/h2-12,21,33H,13-14H2,1H3. The first-order valence-corrected chi connectivity index (χ1v) is 10.6. The minimum absolute atomic E-state index is 0.153. The Hall–Kier alpha value is -2.69. The number of halogens is 8. The summed E-state index contributed by atoms with van der Waals surface area (Å²) < 4.78 is 99.4. The largest absolute Gasteiger partial charge is 0.416 e. The highest BCUT2D eigenvalue weighted by molar-refractivity contribution is 6.30. The zero-order valence-corrected chi connectivity index (χ0v) is 19.0. The molecule has 0 saturated carbocycles. The van der Waals surface area contributed by atoms with Crippen LogP contribution in [0.25, 0.3) is 0 Å². The number of ether oxygens (including phenoxy) is 1. The SMILES string of the molecule is COC(CNCC(c1ccccc1)(c1cc(F)cc(C(F)(F)F)c1)c1ccc(Cl)cn1)C(F)(F)F. The van der Waals surface area contributed by atoms with Crippen molar-refractivity contribution in [3.05, 3.63) is 100 Å². The lowest BCUT2D eigenvalue weighted by Gasteiger charge is -2.36. The summed E-state index contributed by atoms with van der Waals surface area (Å²) in [7, 11) is 0.896. The first kappa shape index (κ1) is 26.9. The molecule has 0 aliphatic rings. The van der Waals surface area contributed by atoms with Crippen LogP contribution in [0.15, 0.2) is 66.9 Å². The van der Waals surface area contributed by atoms with E-state index in [-0.39, 0.29) is 22.8 Å². The third-order valence-electron chi connectivity index (χ3n) is 5.52. The molecule has 188 valence electrons. The van der Waals surface area contributed by atoms with Crippen molar-refractivity contribution in [2.24, 2.45) is 0 Å². The topological polar surface area (TPSA) is 34.1 Å². The van der Waals surface area contributed by atoms with Crippen LogP contribution < -0.4 is 5.32 Å². The molecule has 1 aromatic heterocycles. The summed E-state index contributed by atoms with van der Waals surface area (Å²) in [4.78, 5) is 4.26. The van der Waals surface area contributed by atoms with E-state index in [1.165, 1.54) is 18.3 Å². The summed E-state index contributed by atoms with van der Waals surface area (Å²) in [5.74, 6) is -1.16. The van der Waals surface area contributed by atoms with Gasteiger partial charge in [-0.15, -0.1) is 0 Å². The quantitative estimate of drug-likeness (QED) is 0.349. The number of alkyl halides is 6. The van der Waals surface area contributed by atoms with Crippen LogP contribution in [0.1, 0.15) is 22.4 Å². The molecule has 0 aliphatic heterocycles. The molecule has 3 nitrogen and oxygen atoms in total. The summed E-state index contributed by atoms with van der Waals surface area (Å²) >= 11 is 5.95. The van der Waals surface area contributed by atoms with E-state index in [9.17, 15) is 30.7 Å². The van der Waals surface area contributed by atoms with Crippen molar-refractivity contribution >= 4 is 11.6 Å². The van der Waals surface area contributed by atoms with Crippen LogP contribution in [-0.2, 0) is 16.3 Å². The number of nitrogens with zero attached hydrogens (tertiary/aromatic N) is 1. The Morgan fingerprint density at radius 3 is 2.11 bits per heavy atom. The van der Waals surface area contributed by atoms with E-state index in [2.05, 4.69) is 15.0 Å². The first-order valence-electron chi connectivity index (χ1n) is 10.2. The molecule has 0 aliphatic carbocycles. The summed E-state index contributed by atoms with van der Waals surface area (Å²) in [5, 5.41) is 2.88. The first-order chi connectivity index (χ1) is 16.4. The van der Waals surface area contributed by atoms with Crippen LogP contribution in [0.2, 0.25) is 5.02 Å². The molecule has 2 atom stereocenters. The lowest BCUT2D eigenvalue weighted by atomic mass is 9.71. The number of hydrogen-bond acceptors (Lipinski definition) is 3. The molecule has 0 spiro atoms. The Labute approximate surface area is 201 Å². The van der Waals surface area contributed by atoms with E-state index >= 15 is 0 Å². The van der Waals surface area contributed by atoms with E-state index < -0.39 is 41.8 Å². The molecule has 0 radical (unpaired) electrons. The van der Waals surface area contributed by atoms with Crippen molar-refractivity contribution < 1.29 is 35.5 Å². The fraction of sp³-hybridized carbons (Fsp3) is 0.292. The smallest absolute Gasteiger partial charge is 0.371 e. The van der Waals surface area contributed by atoms with Gasteiger partial charge in [0.25, 0.3) is 0 Å². The van der Waals surface area contributed by atoms with E-state index in [0.29, 0.717) is 11.6 Å². The Balaban J connectivity index is 2.24. The van der Waals surface area contributed by atoms with E-state index in [1.807, 2.05) is 0 Å². The highest BCUT2D eigenvalue weighted by Gasteiger charge is 2.43. The van der Waals surface area contributed by atoms with Crippen molar-refractivity contribution in [1.82, 2.24) is 10.3 Å². The normalized spacial score (nSPS) is 15.0. The highest BCUT2D eigenvalue weighted by atomic mass is 35.5. The highest BCUT2D eigenvalue weighted by Crippen LogP contribution is 2.41. The number of hydrogen-bond donors (Lipinski definition) is 1. The average molecular weight is 521 g/mol. The molecule has 1 N–H and O–H groups in total. The summed E-state index contributed by atoms with van der Waals surface area (Å²) in [5.41, 5.74) is -2.48. The molecular weight excluding hydrogens is 501 g/mol. The molecular formula is C24H20ClF7N2O. The molecule has 0 saturated heterocycles. The summed E-state index contributed by atoms with van der Waals surface area (Å²) in [6.45, 7) is -1.06. The maximum atomic E-state index is 14.5. The predicted molar refractivity (Wildman–Crippen MR) is 117 cm³/mol. The molecule has 3 rings (SSSR count). The second-order valence-electron chi connectivity index (χ2n) is 7.76. The Morgan fingerprint density at radius 2 is 1.57 bits per heavy atom. The maximum absolute atomic E-state index is 14.5. The van der Waals surface area contributed by atoms with Gasteiger partial charge in [0, 0.05) is 26.4 Å². The van der Waals surface area contributed by atoms with E-state index in [4.69, 9.17) is 11.6 Å². The number of methoxy groups -OCH3 is 1. The number of aromatic nitrogens is 1. The molecule has 2 unspecified atom stereocenters. The van der Waals surface area contributed by atoms with Crippen molar-refractivity contribution in [2.45, 2.75) is 23.9 Å². The van der Waals surface area contributed by atoms with Gasteiger partial charge in [0.1, 0.15) is 5.82 Å². The second kappa shape index (κ2) is 10.5. The van der Waals surface area contributed by atoms with Crippen molar-refractivity contribution in [1.29, 1.82) is 0 Å². The van der Waals surface area contributed by atoms with Crippen LogP contribution >= 0.6 is 11.6 Å². The molecule has 0 fully saturated rings. The van der Waals surface area contributed by atoms with E-state index in [1.54, 1.807) is 30.3 Å². The van der Waals surface area contributed by atoms with Gasteiger partial charge in [0.05, 0.1) is 21.7 Å². The van der Waals surface area contributed by atoms with Gasteiger partial charge in [-0.1, -0.05) is 41.9 Å². The molecule has 35 heavy (non-hydrogen) atoms. The average Bonchev–Trinajstić information content (AvgIpc) is 2.79. The zero-order chi connectivity index (χ0) is 25.9. The van der Waals surface area contributed by atoms with Crippen LogP contribution in [0.5, 0.6) is 0 Å². The van der Waals surface area contributed by atoms with Crippen LogP contribution in [0.3, 0.4) is 0 Å². The Bertz CT molecular complexity index is 1120. The van der Waals surface area contributed by atoms with Gasteiger partial charge in [0.2, 0.25) is 0 Å². The summed E-state index contributed by atoms with van der Waals surface area (Å²) in [6, 6.07) is 13.0. The summed E-state index contributed by atoms with van der Waals surface area (Å²) in [6.07, 6.45) is -10.5. The van der Waals surface area contributed by atoms with Gasteiger partial charge < -0.3 is 10.1 Å². The third-order valence-corrected chi connectivity index (χ3v) is 5.74. The number of rotatable bonds is 8. The van der Waals surface area contributed by atoms with Crippen molar-refractivity contribution in [3.8, 4) is 0 Å². The molecule has 2 aromatic carbocycles. The lowest BCUT2D eigenvalue weighted by molar-refractivity contribution is -0.210. The van der Waals surface area contributed by atoms with Gasteiger partial charge >= 0.3 is 12.4 Å².